The number of amides is 1. The van der Waals surface area contributed by atoms with Crippen LogP contribution in [0.2, 0.25) is 0 Å². The molecule has 1 saturated heterocycles. The Labute approximate surface area is 220 Å². The quantitative estimate of drug-likeness (QED) is 0.225. The number of halogens is 1. The van der Waals surface area contributed by atoms with Gasteiger partial charge in [-0.2, -0.15) is 0 Å². The van der Waals surface area contributed by atoms with Crippen LogP contribution in [0.25, 0.3) is 10.8 Å². The lowest BCUT2D eigenvalue weighted by atomic mass is 9.98. The van der Waals surface area contributed by atoms with Crippen molar-refractivity contribution in [1.29, 1.82) is 0 Å². The number of nitrogens with one attached hydrogen (secondary N) is 1. The number of likely N-dealkylation sites (tertiary alicyclic amines) is 1. The maximum atomic E-state index is 14.7. The minimum atomic E-state index is -1.21. The van der Waals surface area contributed by atoms with Crippen LogP contribution in [0.4, 0.5) is 4.39 Å². The molecule has 0 unspecified atom stereocenters. The topological polar surface area (TPSA) is 104 Å². The molecule has 0 aliphatic carbocycles. The Balaban J connectivity index is 1.29. The Hall–Kier alpha value is -3.69. The Morgan fingerprint density at radius 1 is 1.11 bits per heavy atom. The van der Waals surface area contributed by atoms with Crippen molar-refractivity contribution >= 4 is 22.4 Å². The highest BCUT2D eigenvalue weighted by molar-refractivity contribution is 6.38. The molecular formula is C29H32FN3O5. The van der Waals surface area contributed by atoms with Gasteiger partial charge in [-0.3, -0.25) is 4.79 Å². The molecule has 2 atom stereocenters. The summed E-state index contributed by atoms with van der Waals surface area (Å²) >= 11 is 0. The van der Waals surface area contributed by atoms with Gasteiger partial charge in [-0.1, -0.05) is 47.1 Å². The Morgan fingerprint density at radius 3 is 2.66 bits per heavy atom. The second kappa shape index (κ2) is 11.4. The van der Waals surface area contributed by atoms with Crippen LogP contribution in [0.1, 0.15) is 35.6 Å². The second-order valence-electron chi connectivity index (χ2n) is 9.94. The molecule has 0 bridgehead atoms. The van der Waals surface area contributed by atoms with Crippen LogP contribution in [-0.2, 0) is 11.2 Å². The van der Waals surface area contributed by atoms with Crippen molar-refractivity contribution in [3.63, 3.8) is 0 Å². The van der Waals surface area contributed by atoms with Crippen LogP contribution in [-0.4, -0.2) is 65.7 Å². The predicted octanol–water partition coefficient (Wildman–Crippen LogP) is 3.75. The van der Waals surface area contributed by atoms with Gasteiger partial charge in [-0.25, -0.2) is 4.39 Å². The summed E-state index contributed by atoms with van der Waals surface area (Å²) in [5, 5.41) is 29.2. The third kappa shape index (κ3) is 5.74. The molecule has 3 aromatic carbocycles. The lowest BCUT2D eigenvalue weighted by Crippen LogP contribution is -2.52. The van der Waals surface area contributed by atoms with Crippen molar-refractivity contribution in [1.82, 2.24) is 10.2 Å². The van der Waals surface area contributed by atoms with Crippen LogP contribution in [0, 0.1) is 12.7 Å². The van der Waals surface area contributed by atoms with Gasteiger partial charge in [0.05, 0.1) is 6.04 Å². The summed E-state index contributed by atoms with van der Waals surface area (Å²) in [6, 6.07) is 14.3. The summed E-state index contributed by atoms with van der Waals surface area (Å²) in [7, 11) is 0. The third-order valence-corrected chi connectivity index (χ3v) is 7.16. The fraction of sp³-hybridized carbons (Fsp3) is 0.379. The molecule has 0 spiro atoms. The first-order valence-corrected chi connectivity index (χ1v) is 12.9. The molecule has 0 saturated carbocycles. The monoisotopic (exact) mass is 521 g/mol. The summed E-state index contributed by atoms with van der Waals surface area (Å²) in [5.41, 5.74) is 2.41. The van der Waals surface area contributed by atoms with E-state index in [0.29, 0.717) is 13.0 Å². The minimum absolute atomic E-state index is 0.0223. The smallest absolute Gasteiger partial charge is 0.269 e. The van der Waals surface area contributed by atoms with Crippen molar-refractivity contribution in [2.45, 2.75) is 38.3 Å². The zero-order chi connectivity index (χ0) is 26.6. The molecule has 2 aliphatic rings. The summed E-state index contributed by atoms with van der Waals surface area (Å²) in [6.07, 6.45) is 0.534. The Bertz CT molecular complexity index is 1360. The van der Waals surface area contributed by atoms with Gasteiger partial charge in [0.15, 0.2) is 17.3 Å². The number of nitrogens with zero attached hydrogens (tertiary/aromatic N) is 2. The summed E-state index contributed by atoms with van der Waals surface area (Å²) < 4.78 is 25.5. The molecule has 1 amide bonds. The first-order chi connectivity index (χ1) is 18.4. The van der Waals surface area contributed by atoms with Gasteiger partial charge in [-0.05, 0) is 66.9 Å². The maximum Gasteiger partial charge on any atom is 0.269 e. The van der Waals surface area contributed by atoms with Gasteiger partial charge in [0.2, 0.25) is 0 Å². The normalized spacial score (nSPS) is 17.1. The zero-order valence-electron chi connectivity index (χ0n) is 21.3. The minimum Gasteiger partial charge on any atom is -0.486 e. The molecule has 2 heterocycles. The Morgan fingerprint density at radius 2 is 1.89 bits per heavy atom. The van der Waals surface area contributed by atoms with E-state index in [4.69, 9.17) is 9.47 Å². The molecule has 9 heteroatoms. The highest BCUT2D eigenvalue weighted by Crippen LogP contribution is 2.36. The molecule has 200 valence electrons. The number of fused-ring (bicyclic) bond motifs is 2. The van der Waals surface area contributed by atoms with Crippen molar-refractivity contribution in [2.24, 2.45) is 5.16 Å². The van der Waals surface area contributed by atoms with E-state index in [2.05, 4.69) is 39.6 Å². The molecule has 0 aromatic heterocycles. The average Bonchev–Trinajstić information content (AvgIpc) is 2.89. The number of aliphatic hydroxyl groups is 1. The molecular weight excluding hydrogens is 489 g/mol. The van der Waals surface area contributed by atoms with E-state index < -0.39 is 23.9 Å². The molecule has 1 fully saturated rings. The van der Waals surface area contributed by atoms with Crippen molar-refractivity contribution in [3.05, 3.63) is 71.0 Å². The van der Waals surface area contributed by atoms with Crippen molar-refractivity contribution < 1.29 is 29.0 Å². The fourth-order valence-corrected chi connectivity index (χ4v) is 4.90. The number of ether oxygens (including phenoxy) is 2. The summed E-state index contributed by atoms with van der Waals surface area (Å²) in [6.45, 7) is 4.63. The summed E-state index contributed by atoms with van der Waals surface area (Å²) in [5.74, 6) is -0.961. The highest BCUT2D eigenvalue weighted by atomic mass is 19.1. The molecule has 3 N–H and O–H groups in total. The first-order valence-electron chi connectivity index (χ1n) is 12.9. The fourth-order valence-electron chi connectivity index (χ4n) is 4.90. The number of aryl methyl sites for hydroxylation is 2. The largest absolute Gasteiger partial charge is 0.486 e. The number of aliphatic hydroxyl groups excluding tert-OH is 1. The van der Waals surface area contributed by atoms with Crippen LogP contribution < -0.4 is 14.8 Å². The third-order valence-electron chi connectivity index (χ3n) is 7.16. The van der Waals surface area contributed by atoms with Gasteiger partial charge in [-0.15, -0.1) is 0 Å². The SMILES string of the molecule is Cc1ccc2ccc(CC/C(=N\O)C(=O)N[C@H](CN3CCC3)[C@H](O)c3cc(F)c4c(c3)OCCO4)cc2c1. The average molecular weight is 522 g/mol. The van der Waals surface area contributed by atoms with Gasteiger partial charge in [0.1, 0.15) is 25.0 Å². The molecule has 2 aliphatic heterocycles. The van der Waals surface area contributed by atoms with E-state index in [1.165, 1.54) is 6.07 Å². The van der Waals surface area contributed by atoms with Crippen LogP contribution >= 0.6 is 0 Å². The predicted molar refractivity (Wildman–Crippen MR) is 142 cm³/mol. The molecule has 0 radical (unpaired) electrons. The first kappa shape index (κ1) is 25.9. The van der Waals surface area contributed by atoms with E-state index in [9.17, 15) is 19.5 Å². The molecule has 3 aromatic rings. The second-order valence-corrected chi connectivity index (χ2v) is 9.94. The number of carbonyl (C=O) groups excluding carboxylic acids is 1. The van der Waals surface area contributed by atoms with Gasteiger partial charge < -0.3 is 30.0 Å². The summed E-state index contributed by atoms with van der Waals surface area (Å²) in [4.78, 5) is 15.2. The lowest BCUT2D eigenvalue weighted by molar-refractivity contribution is -0.116. The number of benzene rings is 3. The van der Waals surface area contributed by atoms with Gasteiger partial charge in [0, 0.05) is 13.0 Å². The van der Waals surface area contributed by atoms with E-state index in [1.54, 1.807) is 6.07 Å². The van der Waals surface area contributed by atoms with E-state index in [0.717, 1.165) is 41.4 Å². The number of carbonyl (C=O) groups is 1. The molecule has 5 rings (SSSR count). The van der Waals surface area contributed by atoms with Gasteiger partial charge in [0.25, 0.3) is 5.91 Å². The number of oxime groups is 1. The molecule has 38 heavy (non-hydrogen) atoms. The van der Waals surface area contributed by atoms with Gasteiger partial charge >= 0.3 is 0 Å². The zero-order valence-corrected chi connectivity index (χ0v) is 21.3. The number of rotatable bonds is 9. The maximum absolute atomic E-state index is 14.7. The van der Waals surface area contributed by atoms with Crippen LogP contribution in [0.3, 0.4) is 0 Å². The van der Waals surface area contributed by atoms with E-state index in [1.807, 2.05) is 19.1 Å². The van der Waals surface area contributed by atoms with Crippen LogP contribution in [0.15, 0.2) is 53.7 Å². The Kier molecular flexibility index (Phi) is 7.76. The standard InChI is InChI=1S/C29H32FN3O5/c1-18-3-6-20-7-4-19(14-21(20)13-18)5-8-24(32-36)29(35)31-25(17-33-9-2-10-33)27(34)22-15-23(30)28-26(16-22)37-11-12-38-28/h3-4,6-7,13-16,25,27,34,36H,2,5,8-12,17H2,1H3,(H,31,35)/b32-24+/t25-,27-/m1/s1. The molecule has 8 nitrogen and oxygen atoms in total. The van der Waals surface area contributed by atoms with Crippen molar-refractivity contribution in [2.75, 3.05) is 32.8 Å². The van der Waals surface area contributed by atoms with E-state index >= 15 is 0 Å². The van der Waals surface area contributed by atoms with E-state index in [-0.39, 0.29) is 42.4 Å². The van der Waals surface area contributed by atoms with Crippen molar-refractivity contribution in [3.8, 4) is 11.5 Å². The number of hydrogen-bond acceptors (Lipinski definition) is 7. The lowest BCUT2D eigenvalue weighted by Gasteiger charge is -2.36. The highest BCUT2D eigenvalue weighted by Gasteiger charge is 2.31. The number of hydrogen-bond donors (Lipinski definition) is 3. The van der Waals surface area contributed by atoms with Crippen LogP contribution in [0.5, 0.6) is 11.5 Å².